The lowest BCUT2D eigenvalue weighted by molar-refractivity contribution is -0.0258. The quantitative estimate of drug-likeness (QED) is 0.870. The van der Waals surface area contributed by atoms with Crippen molar-refractivity contribution in [2.24, 2.45) is 0 Å². The molecule has 0 amide bonds. The van der Waals surface area contributed by atoms with Crippen LogP contribution in [0.25, 0.3) is 0 Å². The van der Waals surface area contributed by atoms with Gasteiger partial charge in [0, 0.05) is 12.1 Å². The number of benzene rings is 1. The number of β-amino-alcohol motifs (C(OH)–C–C–N with tert-alkyl or cyclic N) is 1. The van der Waals surface area contributed by atoms with Crippen LogP contribution in [0.5, 0.6) is 11.5 Å². The summed E-state index contributed by atoms with van der Waals surface area (Å²) >= 11 is 0. The zero-order valence-electron chi connectivity index (χ0n) is 16.6. The first kappa shape index (κ1) is 18.1. The molecule has 0 radical (unpaired) electrons. The highest BCUT2D eigenvalue weighted by atomic mass is 16.5. The highest BCUT2D eigenvalue weighted by Gasteiger charge is 2.43. The molecule has 144 valence electrons. The van der Waals surface area contributed by atoms with Gasteiger partial charge in [-0.1, -0.05) is 0 Å². The van der Waals surface area contributed by atoms with Gasteiger partial charge in [0.2, 0.25) is 0 Å². The summed E-state index contributed by atoms with van der Waals surface area (Å²) < 4.78 is 12.7. The molecular formula is C22H33NO3. The van der Waals surface area contributed by atoms with Crippen molar-refractivity contribution in [3.63, 3.8) is 0 Å². The molecule has 1 atom stereocenters. The van der Waals surface area contributed by atoms with Gasteiger partial charge in [-0.15, -0.1) is 0 Å². The predicted octanol–water partition coefficient (Wildman–Crippen LogP) is 3.70. The third-order valence-corrected chi connectivity index (χ3v) is 6.81. The molecule has 1 N–H and O–H groups in total. The summed E-state index contributed by atoms with van der Waals surface area (Å²) in [7, 11) is 0. The molecule has 1 saturated heterocycles. The van der Waals surface area contributed by atoms with E-state index in [-0.39, 0.29) is 5.60 Å². The predicted molar refractivity (Wildman–Crippen MR) is 103 cm³/mol. The number of likely N-dealkylation sites (tertiary alicyclic amines) is 1. The highest BCUT2D eigenvalue weighted by molar-refractivity contribution is 5.59. The normalized spacial score (nSPS) is 22.6. The second-order valence-corrected chi connectivity index (χ2v) is 8.62. The summed E-state index contributed by atoms with van der Waals surface area (Å²) in [6.45, 7) is 9.71. The Labute approximate surface area is 157 Å². The zero-order chi connectivity index (χ0) is 18.3. The van der Waals surface area contributed by atoms with Crippen LogP contribution in [0.3, 0.4) is 0 Å². The number of aliphatic hydroxyl groups excluding tert-OH is 1. The average Bonchev–Trinajstić information content (AvgIpc) is 3.10. The van der Waals surface area contributed by atoms with E-state index in [0.717, 1.165) is 43.0 Å². The average molecular weight is 360 g/mol. The first-order valence-corrected chi connectivity index (χ1v) is 10.3. The SMILES string of the molecule is Cc1c(C)c2c(c(C)c1OCC(O)CN1CCCC1)CCC1(CCC1)O2. The Hall–Kier alpha value is -1.26. The largest absolute Gasteiger partial charge is 0.490 e. The van der Waals surface area contributed by atoms with Crippen molar-refractivity contribution in [1.29, 1.82) is 0 Å². The number of fused-ring (bicyclic) bond motifs is 1. The number of hydrogen-bond donors (Lipinski definition) is 1. The number of hydrogen-bond acceptors (Lipinski definition) is 4. The standard InChI is InChI=1S/C22H33NO3/c1-15-16(2)21-19(7-10-22(26-21)8-6-9-22)17(3)20(15)25-14-18(24)13-23-11-4-5-12-23/h18,24H,4-14H2,1-3H3. The molecule has 26 heavy (non-hydrogen) atoms. The maximum atomic E-state index is 10.4. The number of aliphatic hydroxyl groups is 1. The fourth-order valence-electron chi connectivity index (χ4n) is 4.85. The van der Waals surface area contributed by atoms with Gasteiger partial charge < -0.3 is 19.5 Å². The molecule has 1 aromatic rings. The number of ether oxygens (including phenoxy) is 2. The van der Waals surface area contributed by atoms with Crippen LogP contribution in [0.1, 0.15) is 60.8 Å². The van der Waals surface area contributed by atoms with Crippen LogP contribution in [0.4, 0.5) is 0 Å². The molecular weight excluding hydrogens is 326 g/mol. The Morgan fingerprint density at radius 2 is 1.77 bits per heavy atom. The Morgan fingerprint density at radius 3 is 2.42 bits per heavy atom. The molecule has 2 heterocycles. The van der Waals surface area contributed by atoms with Gasteiger partial charge in [0.15, 0.2) is 0 Å². The molecule has 1 aromatic carbocycles. The molecule has 1 aliphatic carbocycles. The van der Waals surface area contributed by atoms with Gasteiger partial charge in [-0.2, -0.15) is 0 Å². The third kappa shape index (κ3) is 3.22. The van der Waals surface area contributed by atoms with Gasteiger partial charge in [-0.05, 0) is 95.5 Å². The van der Waals surface area contributed by atoms with E-state index in [1.165, 1.54) is 48.8 Å². The summed E-state index contributed by atoms with van der Waals surface area (Å²) in [6.07, 6.45) is 7.96. The molecule has 0 aromatic heterocycles. The Bertz CT molecular complexity index is 675. The number of rotatable bonds is 5. The molecule has 2 fully saturated rings. The maximum absolute atomic E-state index is 10.4. The Morgan fingerprint density at radius 1 is 1.04 bits per heavy atom. The van der Waals surface area contributed by atoms with Crippen molar-refractivity contribution in [3.8, 4) is 11.5 Å². The van der Waals surface area contributed by atoms with Crippen molar-refractivity contribution in [2.75, 3.05) is 26.2 Å². The van der Waals surface area contributed by atoms with E-state index >= 15 is 0 Å². The van der Waals surface area contributed by atoms with Crippen LogP contribution in [0, 0.1) is 20.8 Å². The summed E-state index contributed by atoms with van der Waals surface area (Å²) in [5.74, 6) is 2.06. The monoisotopic (exact) mass is 359 g/mol. The van der Waals surface area contributed by atoms with E-state index in [1.54, 1.807) is 0 Å². The van der Waals surface area contributed by atoms with E-state index in [0.29, 0.717) is 13.2 Å². The van der Waals surface area contributed by atoms with Crippen LogP contribution in [0.2, 0.25) is 0 Å². The van der Waals surface area contributed by atoms with E-state index < -0.39 is 6.10 Å². The second kappa shape index (κ2) is 7.05. The maximum Gasteiger partial charge on any atom is 0.127 e. The summed E-state index contributed by atoms with van der Waals surface area (Å²) in [6, 6.07) is 0. The fourth-order valence-corrected chi connectivity index (χ4v) is 4.85. The molecule has 1 saturated carbocycles. The van der Waals surface area contributed by atoms with Crippen LogP contribution in [-0.2, 0) is 6.42 Å². The Balaban J connectivity index is 1.49. The van der Waals surface area contributed by atoms with Crippen molar-refractivity contribution in [1.82, 2.24) is 4.90 Å². The molecule has 4 nitrogen and oxygen atoms in total. The van der Waals surface area contributed by atoms with E-state index in [4.69, 9.17) is 9.47 Å². The minimum Gasteiger partial charge on any atom is -0.490 e. The van der Waals surface area contributed by atoms with Crippen LogP contribution in [-0.4, -0.2) is 48.0 Å². The molecule has 3 aliphatic rings. The minimum atomic E-state index is -0.433. The summed E-state index contributed by atoms with van der Waals surface area (Å²) in [4.78, 5) is 2.33. The lowest BCUT2D eigenvalue weighted by Crippen LogP contribution is -2.46. The van der Waals surface area contributed by atoms with Gasteiger partial charge >= 0.3 is 0 Å². The second-order valence-electron chi connectivity index (χ2n) is 8.62. The molecule has 4 rings (SSSR count). The van der Waals surface area contributed by atoms with E-state index in [2.05, 4.69) is 25.7 Å². The minimum absolute atomic E-state index is 0.116. The summed E-state index contributed by atoms with van der Waals surface area (Å²) in [5, 5.41) is 10.4. The van der Waals surface area contributed by atoms with Crippen molar-refractivity contribution in [3.05, 3.63) is 22.3 Å². The third-order valence-electron chi connectivity index (χ3n) is 6.81. The molecule has 1 spiro atoms. The number of nitrogens with zero attached hydrogens (tertiary/aromatic N) is 1. The molecule has 4 heteroatoms. The van der Waals surface area contributed by atoms with E-state index in [1.807, 2.05) is 0 Å². The Kier molecular flexibility index (Phi) is 4.91. The molecule has 2 aliphatic heterocycles. The topological polar surface area (TPSA) is 41.9 Å². The lowest BCUT2D eigenvalue weighted by Gasteiger charge is -2.46. The summed E-state index contributed by atoms with van der Waals surface area (Å²) in [5.41, 5.74) is 5.00. The van der Waals surface area contributed by atoms with Crippen LogP contribution < -0.4 is 9.47 Å². The lowest BCUT2D eigenvalue weighted by atomic mass is 9.73. The van der Waals surface area contributed by atoms with Crippen molar-refractivity contribution >= 4 is 0 Å². The van der Waals surface area contributed by atoms with Crippen LogP contribution in [0.15, 0.2) is 0 Å². The van der Waals surface area contributed by atoms with Gasteiger partial charge in [-0.3, -0.25) is 0 Å². The van der Waals surface area contributed by atoms with Gasteiger partial charge in [0.05, 0.1) is 0 Å². The van der Waals surface area contributed by atoms with Gasteiger partial charge in [0.25, 0.3) is 0 Å². The molecule has 0 bridgehead atoms. The van der Waals surface area contributed by atoms with Crippen LogP contribution >= 0.6 is 0 Å². The van der Waals surface area contributed by atoms with E-state index in [9.17, 15) is 5.11 Å². The van der Waals surface area contributed by atoms with Crippen molar-refractivity contribution in [2.45, 2.75) is 77.4 Å². The fraction of sp³-hybridized carbons (Fsp3) is 0.727. The zero-order valence-corrected chi connectivity index (χ0v) is 16.6. The van der Waals surface area contributed by atoms with Gasteiger partial charge in [0.1, 0.15) is 29.8 Å². The first-order valence-electron chi connectivity index (χ1n) is 10.3. The van der Waals surface area contributed by atoms with Crippen molar-refractivity contribution < 1.29 is 14.6 Å². The highest BCUT2D eigenvalue weighted by Crippen LogP contribution is 2.49. The first-order chi connectivity index (χ1) is 12.5. The smallest absolute Gasteiger partial charge is 0.127 e. The van der Waals surface area contributed by atoms with Gasteiger partial charge in [-0.25, -0.2) is 0 Å². The molecule has 1 unspecified atom stereocenters.